The monoisotopic (exact) mass is 258 g/mol. The van der Waals surface area contributed by atoms with Crippen molar-refractivity contribution in [3.8, 4) is 17.0 Å². The highest BCUT2D eigenvalue weighted by Gasteiger charge is 2.10. The summed E-state index contributed by atoms with van der Waals surface area (Å²) in [5.74, 6) is 0.909. The predicted molar refractivity (Wildman–Crippen MR) is 73.1 cm³/mol. The van der Waals surface area contributed by atoms with Crippen molar-refractivity contribution in [2.24, 2.45) is 0 Å². The van der Waals surface area contributed by atoms with E-state index in [1.54, 1.807) is 6.26 Å². The van der Waals surface area contributed by atoms with Gasteiger partial charge in [0.2, 0.25) is 0 Å². The molecule has 0 aliphatic carbocycles. The fourth-order valence-corrected chi connectivity index (χ4v) is 2.38. The fraction of sp³-hybridized carbons (Fsp3) is 0.400. The van der Waals surface area contributed by atoms with Gasteiger partial charge in [0.25, 0.3) is 0 Å². The number of rotatable bonds is 5. The van der Waals surface area contributed by atoms with Gasteiger partial charge < -0.3 is 9.26 Å². The first-order valence-corrected chi connectivity index (χ1v) is 6.78. The molecular weight excluding hydrogens is 240 g/mol. The first-order chi connectivity index (χ1) is 9.42. The van der Waals surface area contributed by atoms with Gasteiger partial charge in [0.1, 0.15) is 24.3 Å². The first kappa shape index (κ1) is 12.2. The maximum Gasteiger partial charge on any atom is 0.124 e. The standard InChI is InChI=1S/C15H18N2O2/c1-2-9-17(8-1)10-12-18-14-5-3-13(4-6-14)15-7-11-19-16-15/h3-7,11H,1-2,8-10,12H2. The Labute approximate surface area is 113 Å². The highest BCUT2D eigenvalue weighted by Crippen LogP contribution is 2.20. The fourth-order valence-electron chi connectivity index (χ4n) is 2.38. The quantitative estimate of drug-likeness (QED) is 0.826. The van der Waals surface area contributed by atoms with Crippen LogP contribution in [0.2, 0.25) is 0 Å². The Morgan fingerprint density at radius 3 is 2.58 bits per heavy atom. The third-order valence-corrected chi connectivity index (χ3v) is 3.46. The van der Waals surface area contributed by atoms with E-state index in [0.29, 0.717) is 0 Å². The minimum atomic E-state index is 0.753. The molecule has 0 N–H and O–H groups in total. The van der Waals surface area contributed by atoms with E-state index in [1.807, 2.05) is 30.3 Å². The molecule has 4 nitrogen and oxygen atoms in total. The minimum Gasteiger partial charge on any atom is -0.492 e. The number of ether oxygens (including phenoxy) is 1. The van der Waals surface area contributed by atoms with Crippen LogP contribution in [-0.2, 0) is 0 Å². The molecule has 1 aromatic heterocycles. The summed E-state index contributed by atoms with van der Waals surface area (Å²) in [7, 11) is 0. The van der Waals surface area contributed by atoms with Crippen LogP contribution in [0, 0.1) is 0 Å². The van der Waals surface area contributed by atoms with Gasteiger partial charge in [-0.1, -0.05) is 5.16 Å². The molecule has 1 fully saturated rings. The molecule has 19 heavy (non-hydrogen) atoms. The topological polar surface area (TPSA) is 38.5 Å². The molecule has 100 valence electrons. The second-order valence-corrected chi connectivity index (χ2v) is 4.81. The number of nitrogens with zero attached hydrogens (tertiary/aromatic N) is 2. The van der Waals surface area contributed by atoms with Gasteiger partial charge in [-0.25, -0.2) is 0 Å². The van der Waals surface area contributed by atoms with Gasteiger partial charge >= 0.3 is 0 Å². The Bertz CT molecular complexity index is 487. The highest BCUT2D eigenvalue weighted by atomic mass is 16.5. The summed E-state index contributed by atoms with van der Waals surface area (Å²) in [6, 6.07) is 9.82. The molecular formula is C15H18N2O2. The molecule has 1 aliphatic heterocycles. The zero-order valence-electron chi connectivity index (χ0n) is 10.9. The van der Waals surface area contributed by atoms with Crippen molar-refractivity contribution < 1.29 is 9.26 Å². The molecule has 0 atom stereocenters. The zero-order valence-corrected chi connectivity index (χ0v) is 10.9. The lowest BCUT2D eigenvalue weighted by atomic mass is 10.1. The van der Waals surface area contributed by atoms with Crippen LogP contribution in [0.3, 0.4) is 0 Å². The van der Waals surface area contributed by atoms with Gasteiger partial charge in [-0.15, -0.1) is 0 Å². The summed E-state index contributed by atoms with van der Waals surface area (Å²) < 4.78 is 10.6. The average Bonchev–Trinajstić information content (AvgIpc) is 3.13. The van der Waals surface area contributed by atoms with Crippen LogP contribution in [0.1, 0.15) is 12.8 Å². The Hall–Kier alpha value is -1.81. The van der Waals surface area contributed by atoms with Crippen LogP contribution in [0.15, 0.2) is 41.1 Å². The van der Waals surface area contributed by atoms with Crippen molar-refractivity contribution in [1.29, 1.82) is 0 Å². The van der Waals surface area contributed by atoms with E-state index in [9.17, 15) is 0 Å². The molecule has 4 heteroatoms. The van der Waals surface area contributed by atoms with E-state index >= 15 is 0 Å². The van der Waals surface area contributed by atoms with E-state index < -0.39 is 0 Å². The summed E-state index contributed by atoms with van der Waals surface area (Å²) in [6.07, 6.45) is 4.23. The molecule has 2 aromatic rings. The van der Waals surface area contributed by atoms with Gasteiger partial charge in [0.05, 0.1) is 0 Å². The summed E-state index contributed by atoms with van der Waals surface area (Å²) >= 11 is 0. The average molecular weight is 258 g/mol. The Morgan fingerprint density at radius 2 is 1.89 bits per heavy atom. The van der Waals surface area contributed by atoms with Crippen molar-refractivity contribution in [2.75, 3.05) is 26.2 Å². The van der Waals surface area contributed by atoms with Crippen molar-refractivity contribution in [3.63, 3.8) is 0 Å². The van der Waals surface area contributed by atoms with Gasteiger partial charge in [-0.2, -0.15) is 0 Å². The third kappa shape index (κ3) is 3.15. The lowest BCUT2D eigenvalue weighted by molar-refractivity contribution is 0.238. The molecule has 0 amide bonds. The number of hydrogen-bond donors (Lipinski definition) is 0. The number of likely N-dealkylation sites (tertiary alicyclic amines) is 1. The smallest absolute Gasteiger partial charge is 0.124 e. The van der Waals surface area contributed by atoms with Crippen LogP contribution < -0.4 is 4.74 Å². The van der Waals surface area contributed by atoms with E-state index in [-0.39, 0.29) is 0 Å². The van der Waals surface area contributed by atoms with Crippen LogP contribution in [0.4, 0.5) is 0 Å². The Morgan fingerprint density at radius 1 is 1.11 bits per heavy atom. The maximum absolute atomic E-state index is 5.75. The molecule has 1 saturated heterocycles. The number of aromatic nitrogens is 1. The van der Waals surface area contributed by atoms with Gasteiger partial charge in [-0.05, 0) is 50.2 Å². The van der Waals surface area contributed by atoms with Crippen molar-refractivity contribution >= 4 is 0 Å². The SMILES string of the molecule is c1cc(-c2ccc(OCCN3CCCC3)cc2)no1. The molecule has 0 spiro atoms. The van der Waals surface area contributed by atoms with Gasteiger partial charge in [-0.3, -0.25) is 4.90 Å². The Kier molecular flexibility index (Phi) is 3.79. The lowest BCUT2D eigenvalue weighted by Crippen LogP contribution is -2.25. The largest absolute Gasteiger partial charge is 0.492 e. The minimum absolute atomic E-state index is 0.753. The van der Waals surface area contributed by atoms with Crippen LogP contribution in [0.25, 0.3) is 11.3 Å². The third-order valence-electron chi connectivity index (χ3n) is 3.46. The summed E-state index contributed by atoms with van der Waals surface area (Å²) in [5, 5.41) is 3.91. The van der Waals surface area contributed by atoms with Crippen LogP contribution >= 0.6 is 0 Å². The predicted octanol–water partition coefficient (Wildman–Crippen LogP) is 2.82. The van der Waals surface area contributed by atoms with Crippen LogP contribution in [-0.4, -0.2) is 36.3 Å². The highest BCUT2D eigenvalue weighted by molar-refractivity contribution is 5.58. The first-order valence-electron chi connectivity index (χ1n) is 6.78. The molecule has 3 rings (SSSR count). The van der Waals surface area contributed by atoms with E-state index in [2.05, 4.69) is 10.1 Å². The zero-order chi connectivity index (χ0) is 12.9. The second kappa shape index (κ2) is 5.89. The molecule has 2 heterocycles. The normalized spacial score (nSPS) is 15.8. The molecule has 0 bridgehead atoms. The molecule has 1 aromatic carbocycles. The van der Waals surface area contributed by atoms with E-state index in [1.165, 1.54) is 25.9 Å². The van der Waals surface area contributed by atoms with Gasteiger partial charge in [0, 0.05) is 18.2 Å². The summed E-state index contributed by atoms with van der Waals surface area (Å²) in [5.41, 5.74) is 1.89. The maximum atomic E-state index is 5.75. The van der Waals surface area contributed by atoms with E-state index in [0.717, 1.165) is 30.2 Å². The lowest BCUT2D eigenvalue weighted by Gasteiger charge is -2.14. The van der Waals surface area contributed by atoms with Crippen molar-refractivity contribution in [1.82, 2.24) is 10.1 Å². The molecule has 0 saturated carbocycles. The molecule has 1 aliphatic rings. The summed E-state index contributed by atoms with van der Waals surface area (Å²) in [6.45, 7) is 4.21. The molecule has 0 radical (unpaired) electrons. The number of hydrogen-bond acceptors (Lipinski definition) is 4. The number of benzene rings is 1. The summed E-state index contributed by atoms with van der Waals surface area (Å²) in [4.78, 5) is 2.45. The van der Waals surface area contributed by atoms with Crippen molar-refractivity contribution in [3.05, 3.63) is 36.6 Å². The van der Waals surface area contributed by atoms with Crippen LogP contribution in [0.5, 0.6) is 5.75 Å². The van der Waals surface area contributed by atoms with Crippen molar-refractivity contribution in [2.45, 2.75) is 12.8 Å². The van der Waals surface area contributed by atoms with Gasteiger partial charge in [0.15, 0.2) is 0 Å². The Balaban J connectivity index is 1.51. The van der Waals surface area contributed by atoms with E-state index in [4.69, 9.17) is 9.26 Å². The molecule has 0 unspecified atom stereocenters. The second-order valence-electron chi connectivity index (χ2n) is 4.81.